The van der Waals surface area contributed by atoms with E-state index >= 15 is 0 Å². The summed E-state index contributed by atoms with van der Waals surface area (Å²) in [6, 6.07) is 3.32. The van der Waals surface area contributed by atoms with Crippen molar-refractivity contribution in [2.24, 2.45) is 5.92 Å². The standard InChI is InChI=1S/C22H29N5O4/c1-14-17(6-4-15-5-7-20(31-2)24-12-15)21(27-22(25-14)23-8-3-9-28)26-18-10-16(13-29)11-19(18)30/h5,7,12,16,18-19,28-30H,3,8-11,13H2,1-2H3,(H2,23,25,26,27)/t16-,18+,19+/m0/s1. The highest BCUT2D eigenvalue weighted by Crippen LogP contribution is 2.29. The van der Waals surface area contributed by atoms with Crippen LogP contribution in [-0.4, -0.2) is 69.3 Å². The molecule has 1 aliphatic rings. The highest BCUT2D eigenvalue weighted by Gasteiger charge is 2.33. The second-order valence-electron chi connectivity index (χ2n) is 7.54. The first-order valence-electron chi connectivity index (χ1n) is 10.3. The average Bonchev–Trinajstić information content (AvgIpc) is 3.13. The van der Waals surface area contributed by atoms with E-state index in [0.29, 0.717) is 54.7 Å². The van der Waals surface area contributed by atoms with Crippen LogP contribution in [0.3, 0.4) is 0 Å². The number of rotatable bonds is 8. The number of ether oxygens (including phenoxy) is 1. The van der Waals surface area contributed by atoms with Crippen molar-refractivity contribution < 1.29 is 20.1 Å². The molecule has 3 atom stereocenters. The monoisotopic (exact) mass is 427 g/mol. The number of hydrogen-bond acceptors (Lipinski definition) is 9. The molecule has 9 heteroatoms. The molecule has 2 aromatic rings. The molecule has 1 aliphatic carbocycles. The van der Waals surface area contributed by atoms with Crippen LogP contribution < -0.4 is 15.4 Å². The van der Waals surface area contributed by atoms with Gasteiger partial charge in [-0.2, -0.15) is 4.98 Å². The number of aliphatic hydroxyl groups excluding tert-OH is 3. The van der Waals surface area contributed by atoms with Crippen molar-refractivity contribution in [1.82, 2.24) is 15.0 Å². The van der Waals surface area contributed by atoms with Crippen molar-refractivity contribution in [1.29, 1.82) is 0 Å². The van der Waals surface area contributed by atoms with Crippen molar-refractivity contribution >= 4 is 11.8 Å². The first kappa shape index (κ1) is 22.7. The molecule has 0 aromatic carbocycles. The normalized spacial score (nSPS) is 20.1. The lowest BCUT2D eigenvalue weighted by atomic mass is 10.1. The Hall–Kier alpha value is -2.93. The van der Waals surface area contributed by atoms with Gasteiger partial charge in [0.05, 0.1) is 30.5 Å². The Morgan fingerprint density at radius 2 is 2.03 bits per heavy atom. The van der Waals surface area contributed by atoms with Crippen molar-refractivity contribution in [3.05, 3.63) is 35.2 Å². The van der Waals surface area contributed by atoms with E-state index in [2.05, 4.69) is 37.4 Å². The molecule has 3 rings (SSSR count). The summed E-state index contributed by atoms with van der Waals surface area (Å²) >= 11 is 0. The van der Waals surface area contributed by atoms with E-state index in [-0.39, 0.29) is 25.2 Å². The second kappa shape index (κ2) is 10.9. The van der Waals surface area contributed by atoms with E-state index in [4.69, 9.17) is 9.84 Å². The zero-order valence-electron chi connectivity index (χ0n) is 17.8. The molecule has 0 amide bonds. The molecule has 2 heterocycles. The molecule has 1 fully saturated rings. The maximum absolute atomic E-state index is 10.4. The van der Waals surface area contributed by atoms with Gasteiger partial charge in [0.15, 0.2) is 0 Å². The van der Waals surface area contributed by atoms with Gasteiger partial charge in [0, 0.05) is 37.6 Å². The van der Waals surface area contributed by atoms with E-state index in [1.54, 1.807) is 19.4 Å². The summed E-state index contributed by atoms with van der Waals surface area (Å²) in [6.45, 7) is 2.51. The molecule has 5 N–H and O–H groups in total. The van der Waals surface area contributed by atoms with E-state index in [1.165, 1.54) is 0 Å². The van der Waals surface area contributed by atoms with Crippen LogP contribution in [0.15, 0.2) is 18.3 Å². The minimum atomic E-state index is -0.579. The largest absolute Gasteiger partial charge is 0.481 e. The molecule has 0 saturated heterocycles. The fraction of sp³-hybridized carbons (Fsp3) is 0.500. The molecule has 0 spiro atoms. The van der Waals surface area contributed by atoms with Crippen LogP contribution >= 0.6 is 0 Å². The van der Waals surface area contributed by atoms with Gasteiger partial charge in [-0.15, -0.1) is 0 Å². The fourth-order valence-corrected chi connectivity index (χ4v) is 3.49. The Balaban J connectivity index is 1.89. The topological polar surface area (TPSA) is 133 Å². The lowest BCUT2D eigenvalue weighted by Gasteiger charge is -2.19. The number of aromatic nitrogens is 3. The number of methoxy groups -OCH3 is 1. The first-order valence-corrected chi connectivity index (χ1v) is 10.3. The minimum Gasteiger partial charge on any atom is -0.481 e. The van der Waals surface area contributed by atoms with E-state index in [0.717, 1.165) is 5.56 Å². The number of nitrogens with zero attached hydrogens (tertiary/aromatic N) is 3. The highest BCUT2D eigenvalue weighted by molar-refractivity contribution is 5.60. The third-order valence-corrected chi connectivity index (χ3v) is 5.19. The zero-order chi connectivity index (χ0) is 22.2. The van der Waals surface area contributed by atoms with Gasteiger partial charge >= 0.3 is 0 Å². The molecule has 0 aliphatic heterocycles. The van der Waals surface area contributed by atoms with Crippen LogP contribution in [0.25, 0.3) is 0 Å². The Kier molecular flexibility index (Phi) is 8.00. The molecule has 0 radical (unpaired) electrons. The van der Waals surface area contributed by atoms with E-state index in [1.807, 2.05) is 13.0 Å². The first-order chi connectivity index (χ1) is 15.0. The number of aryl methyl sites for hydroxylation is 1. The predicted octanol–water partition coefficient (Wildman–Crippen LogP) is 0.926. The van der Waals surface area contributed by atoms with Gasteiger partial charge in [0.25, 0.3) is 0 Å². The number of anilines is 2. The van der Waals surface area contributed by atoms with Crippen molar-refractivity contribution in [3.8, 4) is 17.7 Å². The molecule has 166 valence electrons. The van der Waals surface area contributed by atoms with Crippen LogP contribution in [0.2, 0.25) is 0 Å². The van der Waals surface area contributed by atoms with Gasteiger partial charge in [0.1, 0.15) is 5.82 Å². The molecule has 1 saturated carbocycles. The van der Waals surface area contributed by atoms with Crippen molar-refractivity contribution in [2.45, 2.75) is 38.3 Å². The molecule has 0 unspecified atom stereocenters. The van der Waals surface area contributed by atoms with Crippen LogP contribution in [0.1, 0.15) is 36.1 Å². The summed E-state index contributed by atoms with van der Waals surface area (Å²) < 4.78 is 5.07. The van der Waals surface area contributed by atoms with Crippen molar-refractivity contribution in [3.63, 3.8) is 0 Å². The highest BCUT2D eigenvalue weighted by atomic mass is 16.5. The summed E-state index contributed by atoms with van der Waals surface area (Å²) in [5.41, 5.74) is 2.03. The quantitative estimate of drug-likeness (QED) is 0.308. The maximum atomic E-state index is 10.4. The summed E-state index contributed by atoms with van der Waals surface area (Å²) in [7, 11) is 1.56. The Bertz CT molecular complexity index is 926. The Morgan fingerprint density at radius 3 is 2.68 bits per heavy atom. The lowest BCUT2D eigenvalue weighted by Crippen LogP contribution is -2.29. The van der Waals surface area contributed by atoms with Gasteiger partial charge in [-0.3, -0.25) is 0 Å². The number of nitrogens with one attached hydrogen (secondary N) is 2. The van der Waals surface area contributed by atoms with Gasteiger partial charge in [-0.05, 0) is 38.2 Å². The lowest BCUT2D eigenvalue weighted by molar-refractivity contribution is 0.157. The number of aliphatic hydroxyl groups is 3. The molecular weight excluding hydrogens is 398 g/mol. The van der Waals surface area contributed by atoms with Crippen LogP contribution in [0.5, 0.6) is 5.88 Å². The number of hydrogen-bond donors (Lipinski definition) is 5. The summed E-state index contributed by atoms with van der Waals surface area (Å²) in [5, 5.41) is 35.3. The summed E-state index contributed by atoms with van der Waals surface area (Å²) in [4.78, 5) is 13.2. The third kappa shape index (κ3) is 6.04. The van der Waals surface area contributed by atoms with Gasteiger partial charge in [-0.25, -0.2) is 9.97 Å². The summed E-state index contributed by atoms with van der Waals surface area (Å²) in [6.07, 6.45) is 2.81. The van der Waals surface area contributed by atoms with Gasteiger partial charge in [0.2, 0.25) is 11.8 Å². The predicted molar refractivity (Wildman–Crippen MR) is 117 cm³/mol. The molecular formula is C22H29N5O4. The van der Waals surface area contributed by atoms with Crippen LogP contribution in [-0.2, 0) is 0 Å². The fourth-order valence-electron chi connectivity index (χ4n) is 3.49. The Morgan fingerprint density at radius 1 is 1.19 bits per heavy atom. The molecule has 9 nitrogen and oxygen atoms in total. The van der Waals surface area contributed by atoms with E-state index in [9.17, 15) is 10.2 Å². The van der Waals surface area contributed by atoms with E-state index < -0.39 is 6.10 Å². The average molecular weight is 428 g/mol. The minimum absolute atomic E-state index is 0.0448. The second-order valence-corrected chi connectivity index (χ2v) is 7.54. The zero-order valence-corrected chi connectivity index (χ0v) is 17.8. The summed E-state index contributed by atoms with van der Waals surface area (Å²) in [5.74, 6) is 7.72. The van der Waals surface area contributed by atoms with Gasteiger partial charge < -0.3 is 30.7 Å². The van der Waals surface area contributed by atoms with Crippen LogP contribution in [0, 0.1) is 24.7 Å². The molecule has 2 aromatic heterocycles. The third-order valence-electron chi connectivity index (χ3n) is 5.19. The smallest absolute Gasteiger partial charge is 0.224 e. The number of pyridine rings is 1. The molecule has 31 heavy (non-hydrogen) atoms. The van der Waals surface area contributed by atoms with Crippen molar-refractivity contribution in [2.75, 3.05) is 37.5 Å². The SMILES string of the molecule is COc1ccc(C#Cc2c(C)nc(NCCCO)nc2N[C@@H]2C[C@H](CO)C[C@H]2O)cn1. The van der Waals surface area contributed by atoms with Crippen LogP contribution in [0.4, 0.5) is 11.8 Å². The molecule has 0 bridgehead atoms. The maximum Gasteiger partial charge on any atom is 0.224 e. The van der Waals surface area contributed by atoms with Gasteiger partial charge in [-0.1, -0.05) is 11.8 Å². The Labute approximate surface area is 181 Å².